The van der Waals surface area contributed by atoms with Gasteiger partial charge in [0.05, 0.1) is 17.4 Å². The largest absolute Gasteiger partial charge is 0.397 e. The van der Waals surface area contributed by atoms with E-state index in [0.717, 1.165) is 0 Å². The summed E-state index contributed by atoms with van der Waals surface area (Å²) in [4.78, 5) is 15.7. The fourth-order valence-corrected chi connectivity index (χ4v) is 1.51. The maximum Gasteiger partial charge on any atom is 0.257 e. The Morgan fingerprint density at radius 1 is 1.29 bits per heavy atom. The number of hydrogen-bond acceptors (Lipinski definition) is 3. The van der Waals surface area contributed by atoms with Crippen molar-refractivity contribution in [1.29, 1.82) is 0 Å². The van der Waals surface area contributed by atoms with Crippen LogP contribution in [-0.2, 0) is 0 Å². The molecular formula is C12H10ClN3O. The highest BCUT2D eigenvalue weighted by molar-refractivity contribution is 6.30. The molecule has 1 aromatic carbocycles. The molecule has 4 nitrogen and oxygen atoms in total. The molecule has 2 aromatic rings. The Morgan fingerprint density at radius 2 is 2.00 bits per heavy atom. The second-order valence-corrected chi connectivity index (χ2v) is 3.80. The summed E-state index contributed by atoms with van der Waals surface area (Å²) in [5.41, 5.74) is 6.97. The Kier molecular flexibility index (Phi) is 3.25. The van der Waals surface area contributed by atoms with Crippen LogP contribution in [0.2, 0.25) is 5.15 Å². The van der Waals surface area contributed by atoms with Crippen LogP contribution in [0.3, 0.4) is 0 Å². The van der Waals surface area contributed by atoms with E-state index in [1.807, 2.05) is 18.2 Å². The number of halogens is 1. The molecule has 2 rings (SSSR count). The topological polar surface area (TPSA) is 68.0 Å². The van der Waals surface area contributed by atoms with Crippen molar-refractivity contribution in [2.75, 3.05) is 11.1 Å². The van der Waals surface area contributed by atoms with Crippen molar-refractivity contribution >= 4 is 28.9 Å². The number of benzene rings is 1. The standard InChI is InChI=1S/C12H10ClN3O/c13-11-6-9(10(14)7-15-11)12(17)16-8-4-2-1-3-5-8/h1-7H,14H2,(H,16,17). The van der Waals surface area contributed by atoms with E-state index in [-0.39, 0.29) is 11.1 Å². The van der Waals surface area contributed by atoms with Crippen molar-refractivity contribution < 1.29 is 4.79 Å². The van der Waals surface area contributed by atoms with Crippen molar-refractivity contribution in [2.45, 2.75) is 0 Å². The minimum atomic E-state index is -0.307. The number of carbonyl (C=O) groups excluding carboxylic acids is 1. The van der Waals surface area contributed by atoms with E-state index >= 15 is 0 Å². The zero-order valence-electron chi connectivity index (χ0n) is 8.85. The number of anilines is 2. The molecule has 0 fully saturated rings. The molecule has 0 aliphatic carbocycles. The molecule has 0 saturated heterocycles. The van der Waals surface area contributed by atoms with Gasteiger partial charge in [-0.2, -0.15) is 0 Å². The molecule has 86 valence electrons. The molecule has 3 N–H and O–H groups in total. The van der Waals surface area contributed by atoms with Gasteiger partial charge in [0.2, 0.25) is 0 Å². The lowest BCUT2D eigenvalue weighted by atomic mass is 10.2. The predicted octanol–water partition coefficient (Wildman–Crippen LogP) is 2.57. The van der Waals surface area contributed by atoms with Gasteiger partial charge in [0.25, 0.3) is 5.91 Å². The second kappa shape index (κ2) is 4.84. The minimum Gasteiger partial charge on any atom is -0.397 e. The lowest BCUT2D eigenvalue weighted by Crippen LogP contribution is -2.14. The summed E-state index contributed by atoms with van der Waals surface area (Å²) in [6.07, 6.45) is 1.36. The molecule has 0 radical (unpaired) electrons. The molecule has 1 aromatic heterocycles. The van der Waals surface area contributed by atoms with Gasteiger partial charge in [-0.1, -0.05) is 29.8 Å². The summed E-state index contributed by atoms with van der Waals surface area (Å²) in [6.45, 7) is 0. The average molecular weight is 248 g/mol. The van der Waals surface area contributed by atoms with Crippen LogP contribution < -0.4 is 11.1 Å². The number of amides is 1. The highest BCUT2D eigenvalue weighted by Gasteiger charge is 2.10. The van der Waals surface area contributed by atoms with E-state index in [1.54, 1.807) is 12.1 Å². The summed E-state index contributed by atoms with van der Waals surface area (Å²) in [5.74, 6) is -0.307. The highest BCUT2D eigenvalue weighted by atomic mass is 35.5. The fourth-order valence-electron chi connectivity index (χ4n) is 1.36. The molecule has 0 unspecified atom stereocenters. The Balaban J connectivity index is 2.23. The maximum atomic E-state index is 11.9. The van der Waals surface area contributed by atoms with Crippen LogP contribution in [0.15, 0.2) is 42.6 Å². The Labute approximate surface area is 103 Å². The van der Waals surface area contributed by atoms with Crippen molar-refractivity contribution in [3.63, 3.8) is 0 Å². The molecule has 0 spiro atoms. The van der Waals surface area contributed by atoms with E-state index in [9.17, 15) is 4.79 Å². The molecule has 0 atom stereocenters. The number of nitrogens with one attached hydrogen (secondary N) is 1. The molecule has 0 bridgehead atoms. The first-order valence-corrected chi connectivity index (χ1v) is 5.32. The van der Waals surface area contributed by atoms with E-state index in [1.165, 1.54) is 12.3 Å². The molecule has 0 aliphatic heterocycles. The smallest absolute Gasteiger partial charge is 0.257 e. The average Bonchev–Trinajstić information content (AvgIpc) is 2.33. The van der Waals surface area contributed by atoms with Gasteiger partial charge >= 0.3 is 0 Å². The summed E-state index contributed by atoms with van der Waals surface area (Å²) in [5, 5.41) is 2.95. The monoisotopic (exact) mass is 247 g/mol. The lowest BCUT2D eigenvalue weighted by molar-refractivity contribution is 0.102. The van der Waals surface area contributed by atoms with Crippen LogP contribution >= 0.6 is 11.6 Å². The molecular weight excluding hydrogens is 238 g/mol. The Hall–Kier alpha value is -2.07. The SMILES string of the molecule is Nc1cnc(Cl)cc1C(=O)Nc1ccccc1. The quantitative estimate of drug-likeness (QED) is 0.802. The van der Waals surface area contributed by atoms with Crippen molar-refractivity contribution in [2.24, 2.45) is 0 Å². The number of nitrogen functional groups attached to an aromatic ring is 1. The number of aromatic nitrogens is 1. The highest BCUT2D eigenvalue weighted by Crippen LogP contribution is 2.16. The van der Waals surface area contributed by atoms with Crippen molar-refractivity contribution in [3.8, 4) is 0 Å². The van der Waals surface area contributed by atoms with Crippen LogP contribution in [-0.4, -0.2) is 10.9 Å². The summed E-state index contributed by atoms with van der Waals surface area (Å²) >= 11 is 5.72. The molecule has 1 heterocycles. The zero-order chi connectivity index (χ0) is 12.3. The van der Waals surface area contributed by atoms with E-state index in [0.29, 0.717) is 16.9 Å². The zero-order valence-corrected chi connectivity index (χ0v) is 9.61. The van der Waals surface area contributed by atoms with Gasteiger partial charge in [0.15, 0.2) is 0 Å². The predicted molar refractivity (Wildman–Crippen MR) is 68.1 cm³/mol. The number of carbonyl (C=O) groups is 1. The van der Waals surface area contributed by atoms with Gasteiger partial charge in [-0.05, 0) is 18.2 Å². The number of hydrogen-bond donors (Lipinski definition) is 2. The first-order valence-electron chi connectivity index (χ1n) is 4.94. The Bertz CT molecular complexity index is 543. The third-order valence-corrected chi connectivity index (χ3v) is 2.38. The Morgan fingerprint density at radius 3 is 2.71 bits per heavy atom. The molecule has 5 heteroatoms. The number of nitrogens with two attached hydrogens (primary N) is 1. The van der Waals surface area contributed by atoms with E-state index in [4.69, 9.17) is 17.3 Å². The van der Waals surface area contributed by atoms with Crippen LogP contribution in [0.5, 0.6) is 0 Å². The van der Waals surface area contributed by atoms with Gasteiger partial charge in [0.1, 0.15) is 5.15 Å². The van der Waals surface area contributed by atoms with Gasteiger partial charge in [-0.25, -0.2) is 4.98 Å². The van der Waals surface area contributed by atoms with Gasteiger partial charge in [-0.3, -0.25) is 4.79 Å². The van der Waals surface area contributed by atoms with Gasteiger partial charge in [-0.15, -0.1) is 0 Å². The van der Waals surface area contributed by atoms with E-state index < -0.39 is 0 Å². The second-order valence-electron chi connectivity index (χ2n) is 3.41. The number of rotatable bonds is 2. The van der Waals surface area contributed by atoms with Gasteiger partial charge < -0.3 is 11.1 Å². The molecule has 0 saturated carbocycles. The lowest BCUT2D eigenvalue weighted by Gasteiger charge is -2.07. The summed E-state index contributed by atoms with van der Waals surface area (Å²) < 4.78 is 0. The van der Waals surface area contributed by atoms with E-state index in [2.05, 4.69) is 10.3 Å². The van der Waals surface area contributed by atoms with Gasteiger partial charge in [0, 0.05) is 5.69 Å². The fraction of sp³-hybridized carbons (Fsp3) is 0. The molecule has 17 heavy (non-hydrogen) atoms. The van der Waals surface area contributed by atoms with Crippen LogP contribution in [0.1, 0.15) is 10.4 Å². The van der Waals surface area contributed by atoms with Crippen LogP contribution in [0.25, 0.3) is 0 Å². The van der Waals surface area contributed by atoms with Crippen molar-refractivity contribution in [3.05, 3.63) is 53.3 Å². The van der Waals surface area contributed by atoms with Crippen molar-refractivity contribution in [1.82, 2.24) is 4.98 Å². The minimum absolute atomic E-state index is 0.234. The number of pyridine rings is 1. The third kappa shape index (κ3) is 2.73. The maximum absolute atomic E-state index is 11.9. The third-order valence-electron chi connectivity index (χ3n) is 2.18. The normalized spacial score (nSPS) is 9.94. The number of para-hydroxylation sites is 1. The first-order chi connectivity index (χ1) is 8.16. The molecule has 0 aliphatic rings. The first kappa shape index (κ1) is 11.4. The number of nitrogens with zero attached hydrogens (tertiary/aromatic N) is 1. The summed E-state index contributed by atoms with van der Waals surface area (Å²) in [6, 6.07) is 10.5. The van der Waals surface area contributed by atoms with Crippen LogP contribution in [0, 0.1) is 0 Å². The molecule has 1 amide bonds. The summed E-state index contributed by atoms with van der Waals surface area (Å²) in [7, 11) is 0. The van der Waals surface area contributed by atoms with Crippen LogP contribution in [0.4, 0.5) is 11.4 Å².